The van der Waals surface area contributed by atoms with Gasteiger partial charge in [0, 0.05) is 18.1 Å². The van der Waals surface area contributed by atoms with E-state index in [0.717, 1.165) is 5.69 Å². The predicted octanol–water partition coefficient (Wildman–Crippen LogP) is 1.46. The lowest BCUT2D eigenvalue weighted by molar-refractivity contribution is -0.0563. The summed E-state index contributed by atoms with van der Waals surface area (Å²) in [5.74, 6) is 0. The zero-order chi connectivity index (χ0) is 11.0. The van der Waals surface area contributed by atoms with Crippen LogP contribution in [0.1, 0.15) is 5.69 Å². The molecule has 1 aromatic heterocycles. The fraction of sp³-hybridized carbons (Fsp3) is 0.308. The van der Waals surface area contributed by atoms with Crippen molar-refractivity contribution in [2.75, 3.05) is 19.8 Å². The van der Waals surface area contributed by atoms with E-state index in [-0.39, 0.29) is 5.41 Å². The van der Waals surface area contributed by atoms with E-state index in [1.807, 2.05) is 24.4 Å². The van der Waals surface area contributed by atoms with E-state index in [9.17, 15) is 0 Å². The van der Waals surface area contributed by atoms with Crippen LogP contribution in [0.25, 0.3) is 10.8 Å². The van der Waals surface area contributed by atoms with Crippen molar-refractivity contribution >= 4 is 10.8 Å². The Bertz CT molecular complexity index is 509. The zero-order valence-electron chi connectivity index (χ0n) is 9.02. The molecule has 1 fully saturated rings. The van der Waals surface area contributed by atoms with E-state index in [0.29, 0.717) is 19.8 Å². The Kier molecular flexibility index (Phi) is 2.16. The maximum atomic E-state index is 5.87. The Morgan fingerprint density at radius 2 is 2.06 bits per heavy atom. The molecule has 2 N–H and O–H groups in total. The molecule has 3 rings (SSSR count). The molecule has 0 atom stereocenters. The average Bonchev–Trinajstić information content (AvgIpc) is 2.29. The average molecular weight is 214 g/mol. The first-order valence-corrected chi connectivity index (χ1v) is 5.48. The van der Waals surface area contributed by atoms with Gasteiger partial charge in [0.1, 0.15) is 0 Å². The van der Waals surface area contributed by atoms with Gasteiger partial charge >= 0.3 is 0 Å². The van der Waals surface area contributed by atoms with Crippen molar-refractivity contribution in [3.63, 3.8) is 0 Å². The second-order valence-corrected chi connectivity index (χ2v) is 4.36. The van der Waals surface area contributed by atoms with Crippen molar-refractivity contribution in [1.82, 2.24) is 4.98 Å². The molecule has 0 radical (unpaired) electrons. The van der Waals surface area contributed by atoms with E-state index in [1.165, 1.54) is 10.8 Å². The second-order valence-electron chi connectivity index (χ2n) is 4.36. The molecule has 0 bridgehead atoms. The first-order chi connectivity index (χ1) is 7.86. The number of rotatable bonds is 2. The van der Waals surface area contributed by atoms with Crippen LogP contribution in [0.15, 0.2) is 36.5 Å². The maximum absolute atomic E-state index is 5.87. The molecule has 0 unspecified atom stereocenters. The molecule has 0 saturated carbocycles. The van der Waals surface area contributed by atoms with Gasteiger partial charge in [0.25, 0.3) is 0 Å². The van der Waals surface area contributed by atoms with E-state index >= 15 is 0 Å². The number of fused-ring (bicyclic) bond motifs is 1. The highest BCUT2D eigenvalue weighted by atomic mass is 16.5. The van der Waals surface area contributed by atoms with Gasteiger partial charge in [-0.25, -0.2) is 0 Å². The first kappa shape index (κ1) is 9.75. The minimum absolute atomic E-state index is 0.0686. The number of ether oxygens (including phenoxy) is 1. The number of aromatic nitrogens is 1. The summed E-state index contributed by atoms with van der Waals surface area (Å²) >= 11 is 0. The summed E-state index contributed by atoms with van der Waals surface area (Å²) in [4.78, 5) is 4.51. The number of nitrogens with two attached hydrogens (primary N) is 1. The standard InChI is InChI=1S/C13H14N2O/c14-7-13(8-16-9-13)12-11-4-2-1-3-10(11)5-6-15-12/h1-6H,7-9,14H2. The normalized spacial score (nSPS) is 18.3. The van der Waals surface area contributed by atoms with Crippen molar-refractivity contribution in [1.29, 1.82) is 0 Å². The second kappa shape index (κ2) is 3.54. The van der Waals surface area contributed by atoms with Crippen LogP contribution in [-0.2, 0) is 10.2 Å². The Morgan fingerprint density at radius 3 is 2.75 bits per heavy atom. The minimum Gasteiger partial charge on any atom is -0.379 e. The summed E-state index contributed by atoms with van der Waals surface area (Å²) in [6.07, 6.45) is 1.85. The minimum atomic E-state index is -0.0686. The topological polar surface area (TPSA) is 48.1 Å². The van der Waals surface area contributed by atoms with Gasteiger partial charge in [-0.05, 0) is 11.5 Å². The van der Waals surface area contributed by atoms with Gasteiger partial charge in [0.05, 0.1) is 24.3 Å². The van der Waals surface area contributed by atoms with Crippen molar-refractivity contribution in [3.05, 3.63) is 42.2 Å². The van der Waals surface area contributed by atoms with Crippen molar-refractivity contribution in [3.8, 4) is 0 Å². The van der Waals surface area contributed by atoms with Crippen LogP contribution < -0.4 is 5.73 Å². The van der Waals surface area contributed by atoms with Crippen LogP contribution in [-0.4, -0.2) is 24.7 Å². The maximum Gasteiger partial charge on any atom is 0.0720 e. The molecule has 82 valence electrons. The molecule has 2 heterocycles. The number of hydrogen-bond acceptors (Lipinski definition) is 3. The summed E-state index contributed by atoms with van der Waals surface area (Å²) in [7, 11) is 0. The van der Waals surface area contributed by atoms with Crippen LogP contribution in [0.3, 0.4) is 0 Å². The Morgan fingerprint density at radius 1 is 1.25 bits per heavy atom. The zero-order valence-corrected chi connectivity index (χ0v) is 9.02. The van der Waals surface area contributed by atoms with Crippen molar-refractivity contribution in [2.24, 2.45) is 5.73 Å². The molecule has 0 aliphatic carbocycles. The predicted molar refractivity (Wildman–Crippen MR) is 63.3 cm³/mol. The monoisotopic (exact) mass is 214 g/mol. The van der Waals surface area contributed by atoms with Crippen LogP contribution in [0, 0.1) is 0 Å². The largest absolute Gasteiger partial charge is 0.379 e. The summed E-state index contributed by atoms with van der Waals surface area (Å²) in [5.41, 5.74) is 6.89. The highest BCUT2D eigenvalue weighted by Crippen LogP contribution is 2.34. The highest BCUT2D eigenvalue weighted by Gasteiger charge is 2.41. The van der Waals surface area contributed by atoms with E-state index in [2.05, 4.69) is 17.1 Å². The lowest BCUT2D eigenvalue weighted by atomic mass is 9.80. The molecule has 3 heteroatoms. The van der Waals surface area contributed by atoms with E-state index in [4.69, 9.17) is 10.5 Å². The van der Waals surface area contributed by atoms with Gasteiger partial charge in [0.2, 0.25) is 0 Å². The molecular formula is C13H14N2O. The van der Waals surface area contributed by atoms with Gasteiger partial charge in [-0.3, -0.25) is 4.98 Å². The fourth-order valence-corrected chi connectivity index (χ4v) is 2.24. The van der Waals surface area contributed by atoms with Crippen LogP contribution in [0.4, 0.5) is 0 Å². The Balaban J connectivity index is 2.23. The van der Waals surface area contributed by atoms with Gasteiger partial charge in [0.15, 0.2) is 0 Å². The molecule has 2 aromatic rings. The summed E-state index contributed by atoms with van der Waals surface area (Å²) in [6, 6.07) is 10.3. The van der Waals surface area contributed by atoms with E-state index < -0.39 is 0 Å². The van der Waals surface area contributed by atoms with Gasteiger partial charge in [-0.2, -0.15) is 0 Å². The molecule has 0 amide bonds. The summed E-state index contributed by atoms with van der Waals surface area (Å²) < 4.78 is 5.31. The third kappa shape index (κ3) is 1.25. The molecule has 1 aromatic carbocycles. The number of pyridine rings is 1. The molecule has 16 heavy (non-hydrogen) atoms. The fourth-order valence-electron chi connectivity index (χ4n) is 2.24. The van der Waals surface area contributed by atoms with Gasteiger partial charge < -0.3 is 10.5 Å². The molecule has 1 saturated heterocycles. The van der Waals surface area contributed by atoms with Crippen LogP contribution in [0.5, 0.6) is 0 Å². The first-order valence-electron chi connectivity index (χ1n) is 5.48. The number of hydrogen-bond donors (Lipinski definition) is 1. The summed E-state index contributed by atoms with van der Waals surface area (Å²) in [5, 5.41) is 2.41. The van der Waals surface area contributed by atoms with Gasteiger partial charge in [-0.1, -0.05) is 24.3 Å². The molecule has 1 aliphatic rings. The molecular weight excluding hydrogens is 200 g/mol. The third-order valence-corrected chi connectivity index (χ3v) is 3.32. The Labute approximate surface area is 94.2 Å². The quantitative estimate of drug-likeness (QED) is 0.823. The smallest absolute Gasteiger partial charge is 0.0720 e. The molecule has 0 spiro atoms. The number of benzene rings is 1. The lowest BCUT2D eigenvalue weighted by Crippen LogP contribution is -2.52. The van der Waals surface area contributed by atoms with Crippen molar-refractivity contribution < 1.29 is 4.74 Å². The Hall–Kier alpha value is -1.45. The van der Waals surface area contributed by atoms with Gasteiger partial charge in [-0.15, -0.1) is 0 Å². The van der Waals surface area contributed by atoms with Crippen molar-refractivity contribution in [2.45, 2.75) is 5.41 Å². The summed E-state index contributed by atoms with van der Waals surface area (Å²) in [6.45, 7) is 1.96. The third-order valence-electron chi connectivity index (χ3n) is 3.32. The lowest BCUT2D eigenvalue weighted by Gasteiger charge is -2.40. The SMILES string of the molecule is NCC1(c2nccc3ccccc23)COC1. The highest BCUT2D eigenvalue weighted by molar-refractivity contribution is 5.85. The molecule has 3 nitrogen and oxygen atoms in total. The number of nitrogens with zero attached hydrogens (tertiary/aromatic N) is 1. The van der Waals surface area contributed by atoms with Crippen LogP contribution >= 0.6 is 0 Å². The van der Waals surface area contributed by atoms with E-state index in [1.54, 1.807) is 0 Å². The molecule has 1 aliphatic heterocycles. The van der Waals surface area contributed by atoms with Crippen LogP contribution in [0.2, 0.25) is 0 Å².